The SMILES string of the molecule is CC1(C)CCC(Nc2ccc3scnc3c2N)CC1. The first kappa shape index (κ1) is 12.7. The van der Waals surface area contributed by atoms with Gasteiger partial charge in [0.05, 0.1) is 21.6 Å². The maximum atomic E-state index is 6.22. The summed E-state index contributed by atoms with van der Waals surface area (Å²) in [5.41, 5.74) is 11.3. The van der Waals surface area contributed by atoms with Gasteiger partial charge in [-0.3, -0.25) is 0 Å². The Morgan fingerprint density at radius 3 is 2.79 bits per heavy atom. The Hall–Kier alpha value is -1.29. The maximum absolute atomic E-state index is 6.22. The van der Waals surface area contributed by atoms with Gasteiger partial charge in [0.1, 0.15) is 5.52 Å². The molecule has 102 valence electrons. The lowest BCUT2D eigenvalue weighted by Crippen LogP contribution is -2.30. The Labute approximate surface area is 118 Å². The maximum Gasteiger partial charge on any atom is 0.106 e. The van der Waals surface area contributed by atoms with Crippen molar-refractivity contribution in [1.82, 2.24) is 4.98 Å². The summed E-state index contributed by atoms with van der Waals surface area (Å²) in [5.74, 6) is 0. The van der Waals surface area contributed by atoms with Gasteiger partial charge in [0, 0.05) is 6.04 Å². The number of aromatic nitrogens is 1. The molecule has 1 saturated carbocycles. The van der Waals surface area contributed by atoms with E-state index in [1.54, 1.807) is 11.3 Å². The molecule has 2 aromatic rings. The monoisotopic (exact) mass is 275 g/mol. The van der Waals surface area contributed by atoms with Crippen LogP contribution in [0.15, 0.2) is 17.6 Å². The first-order valence-corrected chi connectivity index (χ1v) is 7.81. The number of nitrogens with zero attached hydrogens (tertiary/aromatic N) is 1. The molecule has 4 heteroatoms. The highest BCUT2D eigenvalue weighted by molar-refractivity contribution is 7.16. The summed E-state index contributed by atoms with van der Waals surface area (Å²) < 4.78 is 1.16. The molecule has 1 aliphatic rings. The van der Waals surface area contributed by atoms with Crippen molar-refractivity contribution in [2.45, 2.75) is 45.6 Å². The molecule has 3 N–H and O–H groups in total. The second kappa shape index (κ2) is 4.67. The van der Waals surface area contributed by atoms with E-state index in [-0.39, 0.29) is 0 Å². The molecule has 0 aliphatic heterocycles. The molecular weight excluding hydrogens is 254 g/mol. The molecule has 0 atom stereocenters. The fraction of sp³-hybridized carbons (Fsp3) is 0.533. The van der Waals surface area contributed by atoms with Gasteiger partial charge in [-0.25, -0.2) is 4.98 Å². The van der Waals surface area contributed by atoms with Crippen molar-refractivity contribution in [2.24, 2.45) is 5.41 Å². The quantitative estimate of drug-likeness (QED) is 0.805. The Bertz CT molecular complexity index is 578. The van der Waals surface area contributed by atoms with Crippen molar-refractivity contribution in [3.8, 4) is 0 Å². The van der Waals surface area contributed by atoms with Crippen molar-refractivity contribution in [3.05, 3.63) is 17.6 Å². The normalized spacial score (nSPS) is 19.7. The van der Waals surface area contributed by atoms with Crippen LogP contribution >= 0.6 is 11.3 Å². The van der Waals surface area contributed by atoms with E-state index in [1.165, 1.54) is 25.7 Å². The Morgan fingerprint density at radius 2 is 2.05 bits per heavy atom. The fourth-order valence-corrected chi connectivity index (χ4v) is 3.53. The van der Waals surface area contributed by atoms with Crippen LogP contribution in [-0.4, -0.2) is 11.0 Å². The van der Waals surface area contributed by atoms with Crippen LogP contribution < -0.4 is 11.1 Å². The van der Waals surface area contributed by atoms with Crippen molar-refractivity contribution >= 4 is 32.9 Å². The number of fused-ring (bicyclic) bond motifs is 1. The van der Waals surface area contributed by atoms with Crippen molar-refractivity contribution in [3.63, 3.8) is 0 Å². The van der Waals surface area contributed by atoms with Gasteiger partial charge in [0.25, 0.3) is 0 Å². The van der Waals surface area contributed by atoms with Gasteiger partial charge in [-0.05, 0) is 43.2 Å². The lowest BCUT2D eigenvalue weighted by molar-refractivity contribution is 0.232. The molecule has 0 bridgehead atoms. The second-order valence-electron chi connectivity index (χ2n) is 6.31. The molecule has 3 nitrogen and oxygen atoms in total. The van der Waals surface area contributed by atoms with Crippen LogP contribution in [0.5, 0.6) is 0 Å². The fourth-order valence-electron chi connectivity index (χ4n) is 2.84. The molecule has 3 rings (SSSR count). The van der Waals surface area contributed by atoms with E-state index in [0.29, 0.717) is 11.5 Å². The lowest BCUT2D eigenvalue weighted by atomic mass is 9.75. The second-order valence-corrected chi connectivity index (χ2v) is 7.20. The minimum atomic E-state index is 0.503. The molecule has 0 spiro atoms. The average Bonchev–Trinajstić information content (AvgIpc) is 2.84. The zero-order valence-corrected chi connectivity index (χ0v) is 12.4. The van der Waals surface area contributed by atoms with Crippen LogP contribution in [0.1, 0.15) is 39.5 Å². The van der Waals surface area contributed by atoms with Gasteiger partial charge in [-0.1, -0.05) is 13.8 Å². The molecule has 1 heterocycles. The number of anilines is 2. The molecule has 0 amide bonds. The molecule has 1 fully saturated rings. The molecule has 19 heavy (non-hydrogen) atoms. The summed E-state index contributed by atoms with van der Waals surface area (Å²) in [5, 5.41) is 3.61. The molecular formula is C15H21N3S. The number of nitrogens with two attached hydrogens (primary N) is 1. The van der Waals surface area contributed by atoms with Gasteiger partial charge >= 0.3 is 0 Å². The zero-order valence-electron chi connectivity index (χ0n) is 11.6. The molecule has 1 aromatic heterocycles. The number of hydrogen-bond donors (Lipinski definition) is 2. The Morgan fingerprint density at radius 1 is 1.32 bits per heavy atom. The van der Waals surface area contributed by atoms with Crippen molar-refractivity contribution < 1.29 is 0 Å². The third kappa shape index (κ3) is 2.54. The van der Waals surface area contributed by atoms with Crippen LogP contribution in [0, 0.1) is 5.41 Å². The van der Waals surface area contributed by atoms with E-state index in [4.69, 9.17) is 5.73 Å². The van der Waals surface area contributed by atoms with E-state index < -0.39 is 0 Å². The summed E-state index contributed by atoms with van der Waals surface area (Å²) in [6.45, 7) is 4.72. The van der Waals surface area contributed by atoms with Crippen LogP contribution in [0.3, 0.4) is 0 Å². The molecule has 0 radical (unpaired) electrons. The van der Waals surface area contributed by atoms with Gasteiger partial charge in [0.2, 0.25) is 0 Å². The van der Waals surface area contributed by atoms with Crippen molar-refractivity contribution in [2.75, 3.05) is 11.1 Å². The topological polar surface area (TPSA) is 50.9 Å². The van der Waals surface area contributed by atoms with E-state index in [0.717, 1.165) is 21.6 Å². The van der Waals surface area contributed by atoms with Crippen LogP contribution in [0.25, 0.3) is 10.2 Å². The summed E-state index contributed by atoms with van der Waals surface area (Å²) in [7, 11) is 0. The minimum Gasteiger partial charge on any atom is -0.395 e. The molecule has 1 aromatic carbocycles. The van der Waals surface area contributed by atoms with Gasteiger partial charge < -0.3 is 11.1 Å². The molecule has 0 unspecified atom stereocenters. The van der Waals surface area contributed by atoms with E-state index in [9.17, 15) is 0 Å². The van der Waals surface area contributed by atoms with Crippen molar-refractivity contribution in [1.29, 1.82) is 0 Å². The lowest BCUT2D eigenvalue weighted by Gasteiger charge is -2.35. The predicted molar refractivity (Wildman–Crippen MR) is 83.7 cm³/mol. The highest BCUT2D eigenvalue weighted by Crippen LogP contribution is 2.37. The number of benzene rings is 1. The third-order valence-electron chi connectivity index (χ3n) is 4.24. The van der Waals surface area contributed by atoms with E-state index in [2.05, 4.69) is 36.3 Å². The number of thiazole rings is 1. The molecule has 0 saturated heterocycles. The zero-order chi connectivity index (χ0) is 13.5. The number of rotatable bonds is 2. The van der Waals surface area contributed by atoms with E-state index >= 15 is 0 Å². The smallest absolute Gasteiger partial charge is 0.106 e. The largest absolute Gasteiger partial charge is 0.395 e. The third-order valence-corrected chi connectivity index (χ3v) is 5.03. The summed E-state index contributed by atoms with van der Waals surface area (Å²) >= 11 is 1.64. The minimum absolute atomic E-state index is 0.503. The summed E-state index contributed by atoms with van der Waals surface area (Å²) in [6.07, 6.45) is 5.01. The number of nitrogen functional groups attached to an aromatic ring is 1. The summed E-state index contributed by atoms with van der Waals surface area (Å²) in [4.78, 5) is 4.35. The van der Waals surface area contributed by atoms with Crippen LogP contribution in [0.2, 0.25) is 0 Å². The average molecular weight is 275 g/mol. The predicted octanol–water partition coefficient (Wildman–Crippen LogP) is 4.26. The number of hydrogen-bond acceptors (Lipinski definition) is 4. The van der Waals surface area contributed by atoms with Gasteiger partial charge in [-0.15, -0.1) is 11.3 Å². The van der Waals surface area contributed by atoms with Gasteiger partial charge in [0.15, 0.2) is 0 Å². The van der Waals surface area contributed by atoms with Crippen LogP contribution in [0.4, 0.5) is 11.4 Å². The highest BCUT2D eigenvalue weighted by Gasteiger charge is 2.27. The first-order chi connectivity index (χ1) is 9.05. The van der Waals surface area contributed by atoms with E-state index in [1.807, 2.05) is 5.51 Å². The molecule has 1 aliphatic carbocycles. The number of nitrogens with one attached hydrogen (secondary N) is 1. The highest BCUT2D eigenvalue weighted by atomic mass is 32.1. The Kier molecular flexibility index (Phi) is 3.13. The first-order valence-electron chi connectivity index (χ1n) is 6.93. The Balaban J connectivity index is 1.77. The van der Waals surface area contributed by atoms with Crippen LogP contribution in [-0.2, 0) is 0 Å². The summed E-state index contributed by atoms with van der Waals surface area (Å²) in [6, 6.07) is 4.75. The standard InChI is InChI=1S/C15H21N3S/c1-15(2)7-5-10(6-8-15)18-11-3-4-12-14(13(11)16)17-9-19-12/h3-4,9-10,18H,5-8,16H2,1-2H3. The van der Waals surface area contributed by atoms with Gasteiger partial charge in [-0.2, -0.15) is 0 Å².